The van der Waals surface area contributed by atoms with E-state index in [1.165, 1.54) is 0 Å². The summed E-state index contributed by atoms with van der Waals surface area (Å²) in [6.45, 7) is 10.7. The molecule has 1 unspecified atom stereocenters. The Morgan fingerprint density at radius 1 is 1.21 bits per heavy atom. The number of rotatable bonds is 5. The van der Waals surface area contributed by atoms with Crippen LogP contribution in [-0.2, 0) is 4.74 Å². The molecule has 0 bridgehead atoms. The van der Waals surface area contributed by atoms with Crippen LogP contribution in [0.3, 0.4) is 0 Å². The van der Waals surface area contributed by atoms with Gasteiger partial charge in [-0.25, -0.2) is 9.97 Å². The Morgan fingerprint density at radius 3 is 2.47 bits per heavy atom. The maximum absolute atomic E-state index is 5.79. The van der Waals surface area contributed by atoms with E-state index in [2.05, 4.69) is 34.4 Å². The molecule has 1 aliphatic heterocycles. The summed E-state index contributed by atoms with van der Waals surface area (Å²) in [5, 5.41) is 6.69. The average Bonchev–Trinajstić information content (AvgIpc) is 2.79. The molecule has 0 radical (unpaired) electrons. The molecule has 1 fully saturated rings. The predicted molar refractivity (Wildman–Crippen MR) is 77.8 cm³/mol. The summed E-state index contributed by atoms with van der Waals surface area (Å²) >= 11 is 0. The standard InChI is InChI=1S/C14H24N4O/c1-5-15-12-10(2)13(18-11(3)17-12)16-9-14(4)7-6-8-19-14/h5-9H2,1-4H3,(H2,15,16,17,18). The van der Waals surface area contributed by atoms with Crippen molar-refractivity contribution in [3.63, 3.8) is 0 Å². The Labute approximate surface area is 115 Å². The minimum Gasteiger partial charge on any atom is -0.373 e. The first-order valence-electron chi connectivity index (χ1n) is 7.01. The lowest BCUT2D eigenvalue weighted by molar-refractivity contribution is 0.0314. The molecule has 0 spiro atoms. The lowest BCUT2D eigenvalue weighted by Crippen LogP contribution is -2.33. The van der Waals surface area contributed by atoms with Crippen molar-refractivity contribution in [2.75, 3.05) is 30.3 Å². The number of hydrogen-bond acceptors (Lipinski definition) is 5. The summed E-state index contributed by atoms with van der Waals surface area (Å²) in [5.74, 6) is 2.59. The zero-order valence-electron chi connectivity index (χ0n) is 12.3. The Morgan fingerprint density at radius 2 is 1.89 bits per heavy atom. The first-order valence-corrected chi connectivity index (χ1v) is 7.01. The van der Waals surface area contributed by atoms with Crippen LogP contribution in [0, 0.1) is 13.8 Å². The zero-order valence-corrected chi connectivity index (χ0v) is 12.3. The molecule has 19 heavy (non-hydrogen) atoms. The molecular weight excluding hydrogens is 240 g/mol. The highest BCUT2D eigenvalue weighted by Gasteiger charge is 2.29. The number of nitrogens with one attached hydrogen (secondary N) is 2. The Balaban J connectivity index is 2.11. The normalized spacial score (nSPS) is 22.5. The van der Waals surface area contributed by atoms with E-state index in [1.54, 1.807) is 0 Å². The summed E-state index contributed by atoms with van der Waals surface area (Å²) in [5.41, 5.74) is 0.998. The smallest absolute Gasteiger partial charge is 0.134 e. The summed E-state index contributed by atoms with van der Waals surface area (Å²) in [6, 6.07) is 0. The minimum absolute atomic E-state index is 0.0658. The van der Waals surface area contributed by atoms with Gasteiger partial charge in [-0.3, -0.25) is 0 Å². The lowest BCUT2D eigenvalue weighted by Gasteiger charge is -2.24. The fourth-order valence-electron chi connectivity index (χ4n) is 2.39. The minimum atomic E-state index is -0.0658. The molecule has 1 atom stereocenters. The van der Waals surface area contributed by atoms with Crippen LogP contribution in [0.25, 0.3) is 0 Å². The van der Waals surface area contributed by atoms with Crippen LogP contribution >= 0.6 is 0 Å². The van der Waals surface area contributed by atoms with E-state index < -0.39 is 0 Å². The average molecular weight is 264 g/mol. The van der Waals surface area contributed by atoms with E-state index in [1.807, 2.05) is 13.8 Å². The number of aryl methyl sites for hydroxylation is 1. The molecule has 5 heteroatoms. The van der Waals surface area contributed by atoms with Crippen LogP contribution < -0.4 is 10.6 Å². The zero-order chi connectivity index (χ0) is 13.9. The van der Waals surface area contributed by atoms with E-state index in [0.29, 0.717) is 0 Å². The van der Waals surface area contributed by atoms with Gasteiger partial charge in [0.25, 0.3) is 0 Å². The molecule has 2 N–H and O–H groups in total. The van der Waals surface area contributed by atoms with Crippen LogP contribution in [0.1, 0.15) is 38.1 Å². The molecule has 1 saturated heterocycles. The summed E-state index contributed by atoms with van der Waals surface area (Å²) in [6.07, 6.45) is 2.24. The number of nitrogens with zero attached hydrogens (tertiary/aromatic N) is 2. The van der Waals surface area contributed by atoms with Crippen molar-refractivity contribution in [3.8, 4) is 0 Å². The fourth-order valence-corrected chi connectivity index (χ4v) is 2.39. The van der Waals surface area contributed by atoms with Crippen molar-refractivity contribution in [3.05, 3.63) is 11.4 Å². The van der Waals surface area contributed by atoms with Gasteiger partial charge in [-0.05, 0) is 40.5 Å². The summed E-state index contributed by atoms with van der Waals surface area (Å²) in [7, 11) is 0. The molecule has 0 saturated carbocycles. The van der Waals surface area contributed by atoms with Crippen LogP contribution in [0.4, 0.5) is 11.6 Å². The molecule has 1 aromatic heterocycles. The number of ether oxygens (including phenoxy) is 1. The lowest BCUT2D eigenvalue weighted by atomic mass is 10.0. The van der Waals surface area contributed by atoms with Crippen molar-refractivity contribution in [2.45, 2.75) is 46.1 Å². The second-order valence-corrected chi connectivity index (χ2v) is 5.38. The topological polar surface area (TPSA) is 59.1 Å². The molecule has 0 aromatic carbocycles. The van der Waals surface area contributed by atoms with Gasteiger partial charge in [0, 0.05) is 25.3 Å². The van der Waals surface area contributed by atoms with E-state index in [-0.39, 0.29) is 5.60 Å². The van der Waals surface area contributed by atoms with Gasteiger partial charge in [0.05, 0.1) is 5.60 Å². The van der Waals surface area contributed by atoms with E-state index >= 15 is 0 Å². The first-order chi connectivity index (χ1) is 9.04. The second-order valence-electron chi connectivity index (χ2n) is 5.38. The van der Waals surface area contributed by atoms with Gasteiger partial charge in [-0.1, -0.05) is 0 Å². The Bertz CT molecular complexity index is 441. The maximum Gasteiger partial charge on any atom is 0.134 e. The van der Waals surface area contributed by atoms with Gasteiger partial charge in [0.15, 0.2) is 0 Å². The van der Waals surface area contributed by atoms with Crippen molar-refractivity contribution < 1.29 is 4.74 Å². The molecular formula is C14H24N4O. The molecule has 2 rings (SSSR count). The molecule has 0 aliphatic carbocycles. The highest BCUT2D eigenvalue weighted by Crippen LogP contribution is 2.26. The van der Waals surface area contributed by atoms with Crippen LogP contribution in [0.5, 0.6) is 0 Å². The quantitative estimate of drug-likeness (QED) is 0.855. The third kappa shape index (κ3) is 3.35. The van der Waals surface area contributed by atoms with Gasteiger partial charge in [-0.15, -0.1) is 0 Å². The highest BCUT2D eigenvalue weighted by molar-refractivity contribution is 5.57. The Hall–Kier alpha value is -1.36. The second kappa shape index (κ2) is 5.74. The number of aromatic nitrogens is 2. The van der Waals surface area contributed by atoms with Crippen molar-refractivity contribution in [1.82, 2.24) is 9.97 Å². The maximum atomic E-state index is 5.79. The third-order valence-electron chi connectivity index (χ3n) is 3.53. The molecule has 1 aliphatic rings. The fraction of sp³-hybridized carbons (Fsp3) is 0.714. The van der Waals surface area contributed by atoms with E-state index in [0.717, 1.165) is 55.6 Å². The number of hydrogen-bond donors (Lipinski definition) is 2. The molecule has 106 valence electrons. The van der Waals surface area contributed by atoms with Gasteiger partial charge in [0.1, 0.15) is 17.5 Å². The van der Waals surface area contributed by atoms with E-state index in [4.69, 9.17) is 4.74 Å². The van der Waals surface area contributed by atoms with Gasteiger partial charge in [0.2, 0.25) is 0 Å². The molecule has 0 amide bonds. The van der Waals surface area contributed by atoms with Gasteiger partial charge < -0.3 is 15.4 Å². The molecule has 1 aromatic rings. The summed E-state index contributed by atoms with van der Waals surface area (Å²) in [4.78, 5) is 8.92. The Kier molecular flexibility index (Phi) is 4.24. The van der Waals surface area contributed by atoms with Crippen molar-refractivity contribution in [1.29, 1.82) is 0 Å². The predicted octanol–water partition coefficient (Wildman–Crippen LogP) is 2.51. The van der Waals surface area contributed by atoms with Crippen molar-refractivity contribution in [2.24, 2.45) is 0 Å². The first kappa shape index (κ1) is 14.1. The van der Waals surface area contributed by atoms with Gasteiger partial charge >= 0.3 is 0 Å². The van der Waals surface area contributed by atoms with Gasteiger partial charge in [-0.2, -0.15) is 0 Å². The van der Waals surface area contributed by atoms with Crippen LogP contribution in [0.15, 0.2) is 0 Å². The van der Waals surface area contributed by atoms with Crippen LogP contribution in [0.2, 0.25) is 0 Å². The van der Waals surface area contributed by atoms with Crippen LogP contribution in [-0.4, -0.2) is 35.3 Å². The monoisotopic (exact) mass is 264 g/mol. The summed E-state index contributed by atoms with van der Waals surface area (Å²) < 4.78 is 5.79. The number of anilines is 2. The highest BCUT2D eigenvalue weighted by atomic mass is 16.5. The third-order valence-corrected chi connectivity index (χ3v) is 3.53. The molecule has 5 nitrogen and oxygen atoms in total. The van der Waals surface area contributed by atoms with Crippen molar-refractivity contribution >= 4 is 11.6 Å². The van der Waals surface area contributed by atoms with E-state index in [9.17, 15) is 0 Å². The largest absolute Gasteiger partial charge is 0.373 e. The SMILES string of the molecule is CCNc1nc(C)nc(NCC2(C)CCCO2)c1C. The molecule has 2 heterocycles.